The Morgan fingerprint density at radius 3 is 2.30 bits per heavy atom. The van der Waals surface area contributed by atoms with Gasteiger partial charge in [-0.25, -0.2) is 0 Å². The van der Waals surface area contributed by atoms with Gasteiger partial charge in [-0.15, -0.1) is 0 Å². The Balaban J connectivity index is 1.84. The molecule has 1 aromatic carbocycles. The molecule has 2 unspecified atom stereocenters. The molecule has 23 heavy (non-hydrogen) atoms. The number of piperazine rings is 1. The van der Waals surface area contributed by atoms with Crippen LogP contribution in [0.1, 0.15) is 25.8 Å². The second-order valence-electron chi connectivity index (χ2n) is 7.02. The summed E-state index contributed by atoms with van der Waals surface area (Å²) in [5, 5.41) is 0. The summed E-state index contributed by atoms with van der Waals surface area (Å²) in [6.45, 7) is 8.32. The van der Waals surface area contributed by atoms with Crippen LogP contribution in [0.5, 0.6) is 0 Å². The monoisotopic (exact) mass is 317 g/mol. The van der Waals surface area contributed by atoms with Crippen LogP contribution in [0.25, 0.3) is 0 Å². The van der Waals surface area contributed by atoms with Crippen LogP contribution < -0.4 is 0 Å². The maximum atomic E-state index is 12.5. The molecule has 1 aliphatic rings. The molecule has 1 amide bonds. The maximum absolute atomic E-state index is 12.5. The smallest absolute Gasteiger partial charge is 0.223 e. The number of hydrogen-bond acceptors (Lipinski definition) is 3. The standard InChI is InChI=1S/C19H31N3O/c1-16-14-21(15-17(2)22(16)13-12-20(3)4)19(23)11-10-18-8-6-5-7-9-18/h5-9,16-17H,10-15H2,1-4H3. The van der Waals surface area contributed by atoms with E-state index in [1.807, 2.05) is 18.2 Å². The van der Waals surface area contributed by atoms with Gasteiger partial charge in [0.25, 0.3) is 0 Å². The van der Waals surface area contributed by atoms with E-state index >= 15 is 0 Å². The Kier molecular flexibility index (Phi) is 6.60. The van der Waals surface area contributed by atoms with E-state index in [-0.39, 0.29) is 0 Å². The van der Waals surface area contributed by atoms with E-state index in [1.165, 1.54) is 5.56 Å². The van der Waals surface area contributed by atoms with Gasteiger partial charge >= 0.3 is 0 Å². The van der Waals surface area contributed by atoms with E-state index in [2.05, 4.69) is 54.8 Å². The fraction of sp³-hybridized carbons (Fsp3) is 0.632. The van der Waals surface area contributed by atoms with E-state index in [4.69, 9.17) is 0 Å². The van der Waals surface area contributed by atoms with Crippen LogP contribution in [0, 0.1) is 0 Å². The van der Waals surface area contributed by atoms with E-state index in [0.717, 1.165) is 32.6 Å². The lowest BCUT2D eigenvalue weighted by atomic mass is 10.1. The highest BCUT2D eigenvalue weighted by Crippen LogP contribution is 2.17. The van der Waals surface area contributed by atoms with Crippen molar-refractivity contribution in [3.05, 3.63) is 35.9 Å². The van der Waals surface area contributed by atoms with Gasteiger partial charge in [0.15, 0.2) is 0 Å². The van der Waals surface area contributed by atoms with Crippen molar-refractivity contribution in [1.29, 1.82) is 0 Å². The number of likely N-dealkylation sites (N-methyl/N-ethyl adjacent to an activating group) is 1. The summed E-state index contributed by atoms with van der Waals surface area (Å²) in [6, 6.07) is 11.1. The average molecular weight is 317 g/mol. The van der Waals surface area contributed by atoms with Crippen LogP contribution in [0.15, 0.2) is 30.3 Å². The SMILES string of the molecule is CC1CN(C(=O)CCc2ccccc2)CC(C)N1CCN(C)C. The Bertz CT molecular complexity index is 477. The minimum atomic E-state index is 0.291. The summed E-state index contributed by atoms with van der Waals surface area (Å²) in [5.41, 5.74) is 1.24. The first kappa shape index (κ1) is 18.0. The Morgan fingerprint density at radius 1 is 1.13 bits per heavy atom. The lowest BCUT2D eigenvalue weighted by Gasteiger charge is -2.45. The normalized spacial score (nSPS) is 22.6. The van der Waals surface area contributed by atoms with Gasteiger partial charge in [0.1, 0.15) is 0 Å². The summed E-state index contributed by atoms with van der Waals surface area (Å²) in [5.74, 6) is 0.291. The molecule has 0 bridgehead atoms. The lowest BCUT2D eigenvalue weighted by molar-refractivity contribution is -0.135. The Labute approximate surface area is 141 Å². The molecule has 1 fully saturated rings. The number of amides is 1. The molecule has 0 N–H and O–H groups in total. The molecule has 1 heterocycles. The highest BCUT2D eigenvalue weighted by molar-refractivity contribution is 5.76. The first-order valence-corrected chi connectivity index (χ1v) is 8.69. The zero-order valence-corrected chi connectivity index (χ0v) is 15.0. The zero-order valence-electron chi connectivity index (χ0n) is 15.0. The minimum Gasteiger partial charge on any atom is -0.340 e. The first-order chi connectivity index (χ1) is 11.0. The van der Waals surface area contributed by atoms with E-state index in [9.17, 15) is 4.79 Å². The van der Waals surface area contributed by atoms with Crippen molar-refractivity contribution in [2.24, 2.45) is 0 Å². The van der Waals surface area contributed by atoms with Crippen molar-refractivity contribution in [2.75, 3.05) is 40.3 Å². The van der Waals surface area contributed by atoms with Gasteiger partial charge in [0, 0.05) is 44.7 Å². The predicted molar refractivity (Wildman–Crippen MR) is 95.5 cm³/mol. The van der Waals surface area contributed by atoms with Gasteiger partial charge in [-0.2, -0.15) is 0 Å². The van der Waals surface area contributed by atoms with Crippen molar-refractivity contribution in [1.82, 2.24) is 14.7 Å². The molecule has 0 saturated carbocycles. The van der Waals surface area contributed by atoms with Crippen LogP contribution in [0.4, 0.5) is 0 Å². The van der Waals surface area contributed by atoms with E-state index in [0.29, 0.717) is 24.4 Å². The number of carbonyl (C=O) groups excluding carboxylic acids is 1. The Morgan fingerprint density at radius 2 is 1.74 bits per heavy atom. The number of nitrogens with zero attached hydrogens (tertiary/aromatic N) is 3. The molecule has 1 aliphatic heterocycles. The predicted octanol–water partition coefficient (Wildman–Crippen LogP) is 2.10. The summed E-state index contributed by atoms with van der Waals surface area (Å²) < 4.78 is 0. The van der Waals surface area contributed by atoms with E-state index in [1.54, 1.807) is 0 Å². The van der Waals surface area contributed by atoms with Crippen molar-refractivity contribution in [3.63, 3.8) is 0 Å². The maximum Gasteiger partial charge on any atom is 0.223 e. The third-order valence-corrected chi connectivity index (χ3v) is 4.73. The Hall–Kier alpha value is -1.39. The minimum absolute atomic E-state index is 0.291. The molecule has 0 aromatic heterocycles. The van der Waals surface area contributed by atoms with Gasteiger partial charge in [-0.05, 0) is 39.9 Å². The molecule has 4 nitrogen and oxygen atoms in total. The molecular weight excluding hydrogens is 286 g/mol. The second kappa shape index (κ2) is 8.46. The lowest BCUT2D eigenvalue weighted by Crippen LogP contribution is -2.59. The van der Waals surface area contributed by atoms with Crippen LogP contribution >= 0.6 is 0 Å². The quantitative estimate of drug-likeness (QED) is 0.804. The third-order valence-electron chi connectivity index (χ3n) is 4.73. The van der Waals surface area contributed by atoms with Gasteiger partial charge in [0.2, 0.25) is 5.91 Å². The number of rotatable bonds is 6. The zero-order chi connectivity index (χ0) is 16.8. The number of hydrogen-bond donors (Lipinski definition) is 0. The van der Waals surface area contributed by atoms with Crippen LogP contribution in [-0.4, -0.2) is 73.0 Å². The molecule has 0 spiro atoms. The highest BCUT2D eigenvalue weighted by Gasteiger charge is 2.31. The summed E-state index contributed by atoms with van der Waals surface area (Å²) in [6.07, 6.45) is 1.45. The summed E-state index contributed by atoms with van der Waals surface area (Å²) >= 11 is 0. The van der Waals surface area contributed by atoms with E-state index < -0.39 is 0 Å². The van der Waals surface area contributed by atoms with Gasteiger partial charge < -0.3 is 9.80 Å². The second-order valence-corrected chi connectivity index (χ2v) is 7.02. The molecule has 2 rings (SSSR count). The first-order valence-electron chi connectivity index (χ1n) is 8.69. The molecule has 4 heteroatoms. The molecule has 0 radical (unpaired) electrons. The largest absolute Gasteiger partial charge is 0.340 e. The number of carbonyl (C=O) groups is 1. The topological polar surface area (TPSA) is 26.8 Å². The molecule has 1 aromatic rings. The third kappa shape index (κ3) is 5.33. The number of aryl methyl sites for hydroxylation is 1. The number of benzene rings is 1. The van der Waals surface area contributed by atoms with Crippen molar-refractivity contribution in [2.45, 2.75) is 38.8 Å². The van der Waals surface area contributed by atoms with Gasteiger partial charge in [-0.3, -0.25) is 9.69 Å². The van der Waals surface area contributed by atoms with Crippen molar-refractivity contribution < 1.29 is 4.79 Å². The molecule has 0 aliphatic carbocycles. The molecular formula is C19H31N3O. The van der Waals surface area contributed by atoms with Gasteiger partial charge in [0.05, 0.1) is 0 Å². The van der Waals surface area contributed by atoms with Crippen LogP contribution in [0.3, 0.4) is 0 Å². The average Bonchev–Trinajstić information content (AvgIpc) is 2.52. The molecule has 1 saturated heterocycles. The van der Waals surface area contributed by atoms with Crippen molar-refractivity contribution >= 4 is 5.91 Å². The highest BCUT2D eigenvalue weighted by atomic mass is 16.2. The van der Waals surface area contributed by atoms with Gasteiger partial charge in [-0.1, -0.05) is 30.3 Å². The fourth-order valence-electron chi connectivity index (χ4n) is 3.37. The molecule has 2 atom stereocenters. The van der Waals surface area contributed by atoms with Crippen LogP contribution in [0.2, 0.25) is 0 Å². The van der Waals surface area contributed by atoms with Crippen LogP contribution in [-0.2, 0) is 11.2 Å². The van der Waals surface area contributed by atoms with Crippen molar-refractivity contribution in [3.8, 4) is 0 Å². The summed E-state index contributed by atoms with van der Waals surface area (Å²) in [7, 11) is 4.22. The fourth-order valence-corrected chi connectivity index (χ4v) is 3.37. The summed E-state index contributed by atoms with van der Waals surface area (Å²) in [4.78, 5) is 19.3. The molecule has 128 valence electrons.